The summed E-state index contributed by atoms with van der Waals surface area (Å²) in [5.74, 6) is 0.684. The molecule has 1 aliphatic heterocycles. The van der Waals surface area contributed by atoms with Gasteiger partial charge in [0.15, 0.2) is 0 Å². The van der Waals surface area contributed by atoms with Gasteiger partial charge in [-0.05, 0) is 36.8 Å². The minimum Gasteiger partial charge on any atom is -0.494 e. The molecule has 0 spiro atoms. The van der Waals surface area contributed by atoms with Crippen molar-refractivity contribution in [3.8, 4) is 5.75 Å². The van der Waals surface area contributed by atoms with Crippen LogP contribution in [0.5, 0.6) is 5.75 Å². The number of ether oxygens (including phenoxy) is 1. The molecule has 0 N–H and O–H groups in total. The fourth-order valence-electron chi connectivity index (χ4n) is 2.75. The van der Waals surface area contributed by atoms with Crippen molar-refractivity contribution in [1.29, 1.82) is 0 Å². The van der Waals surface area contributed by atoms with Crippen LogP contribution >= 0.6 is 11.6 Å². The number of rotatable bonds is 6. The Morgan fingerprint density at radius 3 is 2.56 bits per heavy atom. The summed E-state index contributed by atoms with van der Waals surface area (Å²) in [6.07, 6.45) is -1.83. The van der Waals surface area contributed by atoms with E-state index < -0.39 is 17.9 Å². The molecule has 2 aromatic rings. The zero-order valence-corrected chi connectivity index (χ0v) is 15.0. The Hall–Kier alpha value is -2.54. The summed E-state index contributed by atoms with van der Waals surface area (Å²) in [6, 6.07) is 12.4. The highest BCUT2D eigenvalue weighted by atomic mass is 35.5. The molecule has 142 valence electrons. The van der Waals surface area contributed by atoms with Crippen LogP contribution in [0.1, 0.15) is 23.7 Å². The van der Waals surface area contributed by atoms with Gasteiger partial charge in [0.05, 0.1) is 18.5 Å². The van der Waals surface area contributed by atoms with Gasteiger partial charge >= 0.3 is 6.18 Å². The summed E-state index contributed by atoms with van der Waals surface area (Å²) in [7, 11) is 0. The molecule has 1 atom stereocenters. The van der Waals surface area contributed by atoms with Crippen LogP contribution in [0.15, 0.2) is 58.5 Å². The average Bonchev–Trinajstić information content (AvgIpc) is 2.66. The van der Waals surface area contributed by atoms with E-state index in [0.717, 1.165) is 6.07 Å². The van der Waals surface area contributed by atoms with Crippen molar-refractivity contribution in [2.75, 3.05) is 13.2 Å². The van der Waals surface area contributed by atoms with Gasteiger partial charge in [-0.2, -0.15) is 13.2 Å². The second-order valence-electron chi connectivity index (χ2n) is 5.88. The third-order valence-electron chi connectivity index (χ3n) is 3.99. The number of nitrogens with zero attached hydrogens (tertiary/aromatic N) is 3. The minimum absolute atomic E-state index is 0.103. The second kappa shape index (κ2) is 8.43. The van der Waals surface area contributed by atoms with E-state index in [9.17, 15) is 13.2 Å². The van der Waals surface area contributed by atoms with Crippen molar-refractivity contribution in [1.82, 2.24) is 4.90 Å². The molecule has 0 radical (unpaired) electrons. The first-order chi connectivity index (χ1) is 12.9. The molecule has 4 nitrogen and oxygen atoms in total. The number of halogens is 4. The highest BCUT2D eigenvalue weighted by Crippen LogP contribution is 2.36. The van der Waals surface area contributed by atoms with E-state index >= 15 is 0 Å². The van der Waals surface area contributed by atoms with Gasteiger partial charge in [0.25, 0.3) is 0 Å². The van der Waals surface area contributed by atoms with Crippen molar-refractivity contribution >= 4 is 24.3 Å². The standard InChI is InChI=1S/C19H17ClF3N3O/c20-14-6-8-15(9-7-14)27-11-3-10-26-13-24-12-25-18(26)16-4-1-2-5-17(16)19(21,22)23/h1-2,4-9,12-13,18H,3,10-11H2. The van der Waals surface area contributed by atoms with Gasteiger partial charge in [-0.15, -0.1) is 0 Å². The summed E-state index contributed by atoms with van der Waals surface area (Å²) >= 11 is 5.82. The predicted octanol–water partition coefficient (Wildman–Crippen LogP) is 5.20. The SMILES string of the molecule is FC(F)(F)c1ccccc1C1N=CN=CN1CCCOc1ccc(Cl)cc1. The first kappa shape index (κ1) is 19.2. The molecular formula is C19H17ClF3N3O. The van der Waals surface area contributed by atoms with E-state index in [1.165, 1.54) is 24.8 Å². The smallest absolute Gasteiger partial charge is 0.416 e. The van der Waals surface area contributed by atoms with Crippen LogP contribution in [0.4, 0.5) is 13.2 Å². The molecule has 0 fully saturated rings. The van der Waals surface area contributed by atoms with Crippen LogP contribution in [0.25, 0.3) is 0 Å². The van der Waals surface area contributed by atoms with E-state index in [-0.39, 0.29) is 5.56 Å². The van der Waals surface area contributed by atoms with E-state index in [1.807, 2.05) is 0 Å². The lowest BCUT2D eigenvalue weighted by Gasteiger charge is -2.30. The number of hydrogen-bond donors (Lipinski definition) is 0. The highest BCUT2D eigenvalue weighted by molar-refractivity contribution is 6.30. The second-order valence-corrected chi connectivity index (χ2v) is 6.32. The predicted molar refractivity (Wildman–Crippen MR) is 99.4 cm³/mol. The lowest BCUT2D eigenvalue weighted by Crippen LogP contribution is -2.31. The van der Waals surface area contributed by atoms with Gasteiger partial charge < -0.3 is 9.64 Å². The first-order valence-electron chi connectivity index (χ1n) is 8.30. The molecule has 0 saturated carbocycles. The van der Waals surface area contributed by atoms with Gasteiger partial charge in [-0.1, -0.05) is 29.8 Å². The topological polar surface area (TPSA) is 37.2 Å². The van der Waals surface area contributed by atoms with E-state index in [0.29, 0.717) is 30.3 Å². The normalized spacial score (nSPS) is 16.6. The fourth-order valence-corrected chi connectivity index (χ4v) is 2.88. The molecule has 8 heteroatoms. The van der Waals surface area contributed by atoms with Crippen molar-refractivity contribution < 1.29 is 17.9 Å². The third-order valence-corrected chi connectivity index (χ3v) is 4.24. The maximum Gasteiger partial charge on any atom is 0.416 e. The van der Waals surface area contributed by atoms with Crippen LogP contribution < -0.4 is 4.74 Å². The third kappa shape index (κ3) is 5.01. The Morgan fingerprint density at radius 1 is 1.07 bits per heavy atom. The Balaban J connectivity index is 1.64. The first-order valence-corrected chi connectivity index (χ1v) is 8.68. The average molecular weight is 396 g/mol. The van der Waals surface area contributed by atoms with E-state index in [4.69, 9.17) is 16.3 Å². The minimum atomic E-state index is -4.44. The van der Waals surface area contributed by atoms with Crippen LogP contribution in [0.2, 0.25) is 5.02 Å². The molecule has 1 unspecified atom stereocenters. The number of alkyl halides is 3. The Morgan fingerprint density at radius 2 is 1.81 bits per heavy atom. The summed E-state index contributed by atoms with van der Waals surface area (Å²) < 4.78 is 45.6. The van der Waals surface area contributed by atoms with Crippen molar-refractivity contribution in [3.05, 3.63) is 64.7 Å². The van der Waals surface area contributed by atoms with E-state index in [1.54, 1.807) is 35.2 Å². The molecule has 1 aliphatic rings. The largest absolute Gasteiger partial charge is 0.494 e. The summed E-state index contributed by atoms with van der Waals surface area (Å²) in [5.41, 5.74) is -0.587. The van der Waals surface area contributed by atoms with Crippen molar-refractivity contribution in [3.63, 3.8) is 0 Å². The molecule has 0 saturated heterocycles. The van der Waals surface area contributed by atoms with Gasteiger partial charge in [0.1, 0.15) is 18.3 Å². The Bertz CT molecular complexity index is 822. The highest BCUT2D eigenvalue weighted by Gasteiger charge is 2.36. The molecule has 2 aromatic carbocycles. The molecule has 0 bridgehead atoms. The molecule has 0 aliphatic carbocycles. The maximum absolute atomic E-state index is 13.3. The maximum atomic E-state index is 13.3. The van der Waals surface area contributed by atoms with Crippen LogP contribution in [0, 0.1) is 0 Å². The Labute approximate surface area is 160 Å². The van der Waals surface area contributed by atoms with Crippen LogP contribution in [-0.4, -0.2) is 30.7 Å². The van der Waals surface area contributed by atoms with Crippen molar-refractivity contribution in [2.45, 2.75) is 18.8 Å². The number of hydrogen-bond acceptors (Lipinski definition) is 4. The molecule has 3 rings (SSSR count). The van der Waals surface area contributed by atoms with Crippen molar-refractivity contribution in [2.24, 2.45) is 9.98 Å². The molecule has 0 aromatic heterocycles. The molecule has 27 heavy (non-hydrogen) atoms. The van der Waals surface area contributed by atoms with Gasteiger partial charge in [-0.25, -0.2) is 9.98 Å². The summed E-state index contributed by atoms with van der Waals surface area (Å²) in [5, 5.41) is 0.621. The molecule has 0 amide bonds. The van der Waals surface area contributed by atoms with Gasteiger partial charge in [0, 0.05) is 17.1 Å². The number of aliphatic imine (C=N–C) groups is 2. The van der Waals surface area contributed by atoms with E-state index in [2.05, 4.69) is 9.98 Å². The lowest BCUT2D eigenvalue weighted by atomic mass is 10.0. The zero-order chi connectivity index (χ0) is 19.3. The zero-order valence-electron chi connectivity index (χ0n) is 14.2. The summed E-state index contributed by atoms with van der Waals surface area (Å²) in [4.78, 5) is 9.77. The Kier molecular flexibility index (Phi) is 6.01. The number of benzene rings is 2. The van der Waals surface area contributed by atoms with Gasteiger partial charge in [0.2, 0.25) is 0 Å². The van der Waals surface area contributed by atoms with Gasteiger partial charge in [-0.3, -0.25) is 0 Å². The van der Waals surface area contributed by atoms with Crippen LogP contribution in [-0.2, 0) is 6.18 Å². The lowest BCUT2D eigenvalue weighted by molar-refractivity contribution is -0.138. The quantitative estimate of drug-likeness (QED) is 0.630. The summed E-state index contributed by atoms with van der Waals surface area (Å²) in [6.45, 7) is 0.856. The monoisotopic (exact) mass is 395 g/mol. The molecule has 1 heterocycles. The fraction of sp³-hybridized carbons (Fsp3) is 0.263. The van der Waals surface area contributed by atoms with Crippen LogP contribution in [0.3, 0.4) is 0 Å². The molecular weight excluding hydrogens is 379 g/mol.